The van der Waals surface area contributed by atoms with Gasteiger partial charge in [0.2, 0.25) is 16.1 Å². The summed E-state index contributed by atoms with van der Waals surface area (Å²) in [5.74, 6) is 0. The van der Waals surface area contributed by atoms with E-state index in [4.69, 9.17) is 23.2 Å². The molecule has 1 unspecified atom stereocenters. The van der Waals surface area contributed by atoms with E-state index in [1.807, 2.05) is 0 Å². The highest BCUT2D eigenvalue weighted by atomic mass is 35.5. The number of aliphatic imine (C=N–C) groups is 1. The molecule has 1 saturated heterocycles. The summed E-state index contributed by atoms with van der Waals surface area (Å²) in [6.07, 6.45) is 2.72. The maximum Gasteiger partial charge on any atom is 0.246 e. The van der Waals surface area contributed by atoms with Gasteiger partial charge in [0.15, 0.2) is 0 Å². The number of carbonyl (C=O) groups excluding carboxylic acids is 1. The molecule has 1 aromatic rings. The van der Waals surface area contributed by atoms with Crippen LogP contribution in [0.5, 0.6) is 0 Å². The van der Waals surface area contributed by atoms with Gasteiger partial charge in [0.25, 0.3) is 0 Å². The Morgan fingerprint density at radius 2 is 2.05 bits per heavy atom. The van der Waals surface area contributed by atoms with Crippen LogP contribution in [0.15, 0.2) is 28.1 Å². The van der Waals surface area contributed by atoms with Gasteiger partial charge >= 0.3 is 0 Å². The van der Waals surface area contributed by atoms with Gasteiger partial charge in [-0.3, -0.25) is 0 Å². The highest BCUT2D eigenvalue weighted by molar-refractivity contribution is 7.89. The van der Waals surface area contributed by atoms with Crippen LogP contribution >= 0.6 is 23.2 Å². The maximum absolute atomic E-state index is 12.6. The molecule has 0 saturated carbocycles. The lowest BCUT2D eigenvalue weighted by Gasteiger charge is -2.31. The SMILES string of the molecule is O=C=NC1CCCCN1S(=O)(=O)c1cc(Cl)ccc1Cl. The average molecular weight is 335 g/mol. The summed E-state index contributed by atoms with van der Waals surface area (Å²) >= 11 is 11.8. The summed E-state index contributed by atoms with van der Waals surface area (Å²) < 4.78 is 26.5. The molecule has 0 bridgehead atoms. The third-order valence-corrected chi connectivity index (χ3v) is 5.72. The Balaban J connectivity index is 2.47. The van der Waals surface area contributed by atoms with Crippen molar-refractivity contribution in [3.05, 3.63) is 28.2 Å². The van der Waals surface area contributed by atoms with Crippen LogP contribution in [-0.2, 0) is 14.8 Å². The number of hydrogen-bond acceptors (Lipinski definition) is 4. The standard InChI is InChI=1S/C12H12Cl2N2O3S/c13-9-4-5-10(14)11(7-9)20(18,19)16-6-2-1-3-12(16)15-8-17/h4-5,7,12H,1-3,6H2. The molecule has 0 radical (unpaired) electrons. The monoisotopic (exact) mass is 334 g/mol. The maximum atomic E-state index is 12.6. The third-order valence-electron chi connectivity index (χ3n) is 3.10. The Morgan fingerprint density at radius 1 is 1.30 bits per heavy atom. The van der Waals surface area contributed by atoms with Crippen LogP contribution in [0, 0.1) is 0 Å². The number of piperidine rings is 1. The zero-order chi connectivity index (χ0) is 14.8. The van der Waals surface area contributed by atoms with E-state index in [2.05, 4.69) is 4.99 Å². The zero-order valence-corrected chi connectivity index (χ0v) is 12.7. The molecule has 0 spiro atoms. The first-order valence-corrected chi connectivity index (χ1v) is 8.20. The summed E-state index contributed by atoms with van der Waals surface area (Å²) in [7, 11) is -3.84. The van der Waals surface area contributed by atoms with Gasteiger partial charge in [-0.05, 0) is 37.5 Å². The minimum Gasteiger partial charge on any atom is -0.211 e. The van der Waals surface area contributed by atoms with Crippen molar-refractivity contribution in [1.82, 2.24) is 4.31 Å². The highest BCUT2D eigenvalue weighted by Crippen LogP contribution is 2.31. The van der Waals surface area contributed by atoms with Crippen LogP contribution in [0.3, 0.4) is 0 Å². The zero-order valence-electron chi connectivity index (χ0n) is 10.4. The van der Waals surface area contributed by atoms with E-state index < -0.39 is 16.2 Å². The van der Waals surface area contributed by atoms with E-state index >= 15 is 0 Å². The molecule has 1 aliphatic heterocycles. The molecule has 0 amide bonds. The number of sulfonamides is 1. The molecule has 1 heterocycles. The molecule has 1 aliphatic rings. The van der Waals surface area contributed by atoms with Gasteiger partial charge in [0, 0.05) is 11.6 Å². The van der Waals surface area contributed by atoms with E-state index in [0.717, 1.165) is 6.42 Å². The Hall–Kier alpha value is -0.910. The number of halogens is 2. The smallest absolute Gasteiger partial charge is 0.211 e. The van der Waals surface area contributed by atoms with Crippen molar-refractivity contribution >= 4 is 39.3 Å². The van der Waals surface area contributed by atoms with Crippen molar-refractivity contribution < 1.29 is 13.2 Å². The Kier molecular flexibility index (Phi) is 4.83. The Labute approximate surface area is 127 Å². The summed E-state index contributed by atoms with van der Waals surface area (Å²) in [5, 5.41) is 0.370. The van der Waals surface area contributed by atoms with Gasteiger partial charge in [0.1, 0.15) is 11.1 Å². The van der Waals surface area contributed by atoms with E-state index in [-0.39, 0.29) is 14.9 Å². The summed E-state index contributed by atoms with van der Waals surface area (Å²) in [6, 6.07) is 4.24. The van der Waals surface area contributed by atoms with Crippen molar-refractivity contribution in [3.63, 3.8) is 0 Å². The van der Waals surface area contributed by atoms with Gasteiger partial charge in [-0.15, -0.1) is 0 Å². The second-order valence-corrected chi connectivity index (χ2v) is 7.09. The fraction of sp³-hybridized carbons (Fsp3) is 0.417. The molecule has 8 heteroatoms. The van der Waals surface area contributed by atoms with Crippen LogP contribution in [0.25, 0.3) is 0 Å². The largest absolute Gasteiger partial charge is 0.246 e. The number of hydrogen-bond donors (Lipinski definition) is 0. The first kappa shape index (κ1) is 15.5. The van der Waals surface area contributed by atoms with Crippen LogP contribution in [0.1, 0.15) is 19.3 Å². The molecule has 20 heavy (non-hydrogen) atoms. The van der Waals surface area contributed by atoms with Crippen molar-refractivity contribution in [2.45, 2.75) is 30.3 Å². The number of nitrogens with zero attached hydrogens (tertiary/aromatic N) is 2. The van der Waals surface area contributed by atoms with Gasteiger partial charge in [-0.2, -0.15) is 9.30 Å². The fourth-order valence-corrected chi connectivity index (χ4v) is 4.49. The van der Waals surface area contributed by atoms with Crippen LogP contribution in [-0.4, -0.2) is 31.5 Å². The van der Waals surface area contributed by atoms with Crippen LogP contribution in [0.4, 0.5) is 0 Å². The van der Waals surface area contributed by atoms with Gasteiger partial charge in [-0.25, -0.2) is 13.2 Å². The van der Waals surface area contributed by atoms with Crippen molar-refractivity contribution in [2.75, 3.05) is 6.54 Å². The number of isocyanates is 1. The number of benzene rings is 1. The highest BCUT2D eigenvalue weighted by Gasteiger charge is 2.34. The fourth-order valence-electron chi connectivity index (χ4n) is 2.16. The third kappa shape index (κ3) is 3.05. The van der Waals surface area contributed by atoms with Crippen molar-refractivity contribution in [2.24, 2.45) is 4.99 Å². The van der Waals surface area contributed by atoms with E-state index in [1.165, 1.54) is 28.6 Å². The van der Waals surface area contributed by atoms with Gasteiger partial charge in [0.05, 0.1) is 5.02 Å². The lowest BCUT2D eigenvalue weighted by Crippen LogP contribution is -2.42. The van der Waals surface area contributed by atoms with E-state index in [0.29, 0.717) is 19.4 Å². The molecule has 0 aromatic heterocycles. The predicted molar refractivity (Wildman–Crippen MR) is 76.1 cm³/mol. The topological polar surface area (TPSA) is 66.8 Å². The second kappa shape index (κ2) is 6.24. The quantitative estimate of drug-likeness (QED) is 0.630. The summed E-state index contributed by atoms with van der Waals surface area (Å²) in [5.41, 5.74) is 0. The Bertz CT molecular complexity index is 657. The number of rotatable bonds is 3. The summed E-state index contributed by atoms with van der Waals surface area (Å²) in [4.78, 5) is 13.9. The average Bonchev–Trinajstić information content (AvgIpc) is 2.42. The first-order chi connectivity index (χ1) is 9.46. The normalized spacial score (nSPS) is 20.4. The van der Waals surface area contributed by atoms with Crippen LogP contribution < -0.4 is 0 Å². The molecular formula is C12H12Cl2N2O3S. The van der Waals surface area contributed by atoms with Gasteiger partial charge < -0.3 is 0 Å². The molecule has 0 N–H and O–H groups in total. The second-order valence-electron chi connectivity index (χ2n) is 4.39. The lowest BCUT2D eigenvalue weighted by molar-refractivity contribution is 0.259. The minimum atomic E-state index is -3.84. The van der Waals surface area contributed by atoms with E-state index in [9.17, 15) is 13.2 Å². The first-order valence-electron chi connectivity index (χ1n) is 6.00. The molecular weight excluding hydrogens is 323 g/mol. The molecule has 2 rings (SSSR count). The van der Waals surface area contributed by atoms with Crippen molar-refractivity contribution in [1.29, 1.82) is 0 Å². The molecule has 1 atom stereocenters. The summed E-state index contributed by atoms with van der Waals surface area (Å²) in [6.45, 7) is 0.293. The van der Waals surface area contributed by atoms with Gasteiger partial charge in [-0.1, -0.05) is 23.2 Å². The van der Waals surface area contributed by atoms with E-state index in [1.54, 1.807) is 0 Å². The molecule has 1 fully saturated rings. The minimum absolute atomic E-state index is 0.0698. The Morgan fingerprint density at radius 3 is 2.75 bits per heavy atom. The molecule has 108 valence electrons. The van der Waals surface area contributed by atoms with Crippen molar-refractivity contribution in [3.8, 4) is 0 Å². The predicted octanol–water partition coefficient (Wildman–Crippen LogP) is 2.83. The molecule has 0 aliphatic carbocycles. The van der Waals surface area contributed by atoms with Crippen LogP contribution in [0.2, 0.25) is 10.0 Å². The molecule has 5 nitrogen and oxygen atoms in total. The lowest BCUT2D eigenvalue weighted by atomic mass is 10.1. The molecule has 1 aromatic carbocycles.